The van der Waals surface area contributed by atoms with Crippen LogP contribution in [-0.2, 0) is 9.53 Å². The maximum Gasteiger partial charge on any atom is 0.339 e. The minimum absolute atomic E-state index is 0.00689. The van der Waals surface area contributed by atoms with Crippen molar-refractivity contribution in [2.75, 3.05) is 12.3 Å². The summed E-state index contributed by atoms with van der Waals surface area (Å²) in [6, 6.07) is 5.50. The van der Waals surface area contributed by atoms with Gasteiger partial charge < -0.3 is 25.6 Å². The van der Waals surface area contributed by atoms with Gasteiger partial charge in [-0.15, -0.1) is 0 Å². The van der Waals surface area contributed by atoms with E-state index in [4.69, 9.17) is 15.2 Å². The van der Waals surface area contributed by atoms with Crippen LogP contribution in [0.3, 0.4) is 0 Å². The fraction of sp³-hybridized carbons (Fsp3) is 0.522. The Kier molecular flexibility index (Phi) is 6.69. The van der Waals surface area contributed by atoms with E-state index < -0.39 is 5.97 Å². The molecule has 2 aromatic rings. The smallest absolute Gasteiger partial charge is 0.339 e. The van der Waals surface area contributed by atoms with Crippen LogP contribution in [0.5, 0.6) is 5.75 Å². The molecule has 1 heterocycles. The molecule has 3 rings (SSSR count). The van der Waals surface area contributed by atoms with Crippen LogP contribution in [0.4, 0.5) is 5.69 Å². The summed E-state index contributed by atoms with van der Waals surface area (Å²) in [4.78, 5) is 28.1. The Morgan fingerprint density at radius 2 is 1.90 bits per heavy atom. The predicted octanol–water partition coefficient (Wildman–Crippen LogP) is 3.44. The number of carboxylic acid groups (broad SMARTS) is 1. The van der Waals surface area contributed by atoms with Gasteiger partial charge in [-0.3, -0.25) is 9.78 Å². The summed E-state index contributed by atoms with van der Waals surface area (Å²) >= 11 is 0. The summed E-state index contributed by atoms with van der Waals surface area (Å²) in [6.07, 6.45) is 3.09. The molecule has 8 nitrogen and oxygen atoms in total. The highest BCUT2D eigenvalue weighted by atomic mass is 16.5. The molecule has 1 fully saturated rings. The average Bonchev–Trinajstić information content (AvgIpc) is 2.67. The van der Waals surface area contributed by atoms with Gasteiger partial charge in [0.25, 0.3) is 0 Å². The molecule has 0 bridgehead atoms. The molecule has 31 heavy (non-hydrogen) atoms. The van der Waals surface area contributed by atoms with Crippen LogP contribution in [0, 0.1) is 6.92 Å². The van der Waals surface area contributed by atoms with Crippen molar-refractivity contribution in [2.24, 2.45) is 0 Å². The number of nitrogen functional groups attached to an aromatic ring is 1. The zero-order valence-corrected chi connectivity index (χ0v) is 18.5. The van der Waals surface area contributed by atoms with Crippen molar-refractivity contribution in [1.29, 1.82) is 0 Å². The number of aryl methyl sites for hydroxylation is 1. The number of rotatable bonds is 6. The molecular formula is C23H31N3O5. The molecule has 0 unspecified atom stereocenters. The van der Waals surface area contributed by atoms with E-state index in [0.29, 0.717) is 22.3 Å². The number of aromatic carboxylic acids is 1. The SMILES string of the molecule is Cc1nc2cccc(OC3CCC(NC(=O)COC(C)(C)C)CC3)c2c(N)c1C(=O)O. The molecule has 8 heteroatoms. The van der Waals surface area contributed by atoms with Crippen molar-refractivity contribution in [2.45, 2.75) is 71.1 Å². The fourth-order valence-corrected chi connectivity index (χ4v) is 3.86. The van der Waals surface area contributed by atoms with Crippen LogP contribution < -0.4 is 15.8 Å². The standard InChI is InChI=1S/C23H31N3O5/c1-13-19(22(28)29)21(24)20-16(25-13)6-5-7-17(20)31-15-10-8-14(9-11-15)26-18(27)12-30-23(2,3)4/h5-7,14-15H,8-12H2,1-4H3,(H2,24,25)(H,26,27)(H,28,29). The number of nitrogens with zero attached hydrogens (tertiary/aromatic N) is 1. The number of nitrogens with one attached hydrogen (secondary N) is 1. The summed E-state index contributed by atoms with van der Waals surface area (Å²) in [5, 5.41) is 13.1. The molecule has 1 aromatic carbocycles. The number of amides is 1. The summed E-state index contributed by atoms with van der Waals surface area (Å²) in [7, 11) is 0. The Balaban J connectivity index is 1.65. The summed E-state index contributed by atoms with van der Waals surface area (Å²) < 4.78 is 11.7. The second-order valence-corrected chi connectivity index (χ2v) is 9.00. The number of pyridine rings is 1. The van der Waals surface area contributed by atoms with Crippen molar-refractivity contribution in [3.05, 3.63) is 29.5 Å². The molecule has 0 atom stereocenters. The molecule has 4 N–H and O–H groups in total. The van der Waals surface area contributed by atoms with E-state index in [2.05, 4.69) is 10.3 Å². The number of aromatic nitrogens is 1. The molecule has 0 spiro atoms. The van der Waals surface area contributed by atoms with Crippen LogP contribution in [0.25, 0.3) is 10.9 Å². The Hall–Kier alpha value is -2.87. The summed E-state index contributed by atoms with van der Waals surface area (Å²) in [5.74, 6) is -0.675. The number of carboxylic acids is 1. The van der Waals surface area contributed by atoms with Gasteiger partial charge in [-0.25, -0.2) is 4.79 Å². The van der Waals surface area contributed by atoms with E-state index in [9.17, 15) is 14.7 Å². The minimum Gasteiger partial charge on any atom is -0.490 e. The first-order chi connectivity index (χ1) is 14.5. The third-order valence-electron chi connectivity index (χ3n) is 5.38. The molecule has 1 amide bonds. The molecule has 1 aliphatic carbocycles. The van der Waals surface area contributed by atoms with E-state index in [1.807, 2.05) is 26.8 Å². The van der Waals surface area contributed by atoms with Crippen LogP contribution in [0.1, 0.15) is 62.5 Å². The van der Waals surface area contributed by atoms with Crippen molar-refractivity contribution in [1.82, 2.24) is 10.3 Å². The number of nitrogens with two attached hydrogens (primary N) is 1. The Labute approximate surface area is 182 Å². The van der Waals surface area contributed by atoms with Gasteiger partial charge in [-0.1, -0.05) is 6.07 Å². The second kappa shape index (κ2) is 9.09. The predicted molar refractivity (Wildman–Crippen MR) is 118 cm³/mol. The number of ether oxygens (including phenoxy) is 2. The maximum absolute atomic E-state index is 12.1. The first-order valence-electron chi connectivity index (χ1n) is 10.6. The van der Waals surface area contributed by atoms with Gasteiger partial charge in [0.1, 0.15) is 17.9 Å². The molecule has 0 aliphatic heterocycles. The second-order valence-electron chi connectivity index (χ2n) is 9.00. The Morgan fingerprint density at radius 3 is 2.52 bits per heavy atom. The lowest BCUT2D eigenvalue weighted by Crippen LogP contribution is -2.42. The summed E-state index contributed by atoms with van der Waals surface area (Å²) in [6.45, 7) is 7.43. The lowest BCUT2D eigenvalue weighted by molar-refractivity contribution is -0.131. The number of carbonyl (C=O) groups is 2. The van der Waals surface area contributed by atoms with Gasteiger partial charge >= 0.3 is 5.97 Å². The molecule has 1 aromatic heterocycles. The molecule has 0 saturated heterocycles. The highest BCUT2D eigenvalue weighted by Gasteiger charge is 2.26. The monoisotopic (exact) mass is 429 g/mol. The molecule has 1 aliphatic rings. The number of hydrogen-bond donors (Lipinski definition) is 3. The zero-order valence-electron chi connectivity index (χ0n) is 18.5. The molecule has 1 saturated carbocycles. The van der Waals surface area contributed by atoms with Crippen LogP contribution in [0.15, 0.2) is 18.2 Å². The molecule has 0 radical (unpaired) electrons. The zero-order chi connectivity index (χ0) is 22.8. The van der Waals surface area contributed by atoms with Gasteiger partial charge in [-0.05, 0) is 65.5 Å². The van der Waals surface area contributed by atoms with E-state index in [-0.39, 0.29) is 41.5 Å². The van der Waals surface area contributed by atoms with E-state index in [1.54, 1.807) is 19.1 Å². The number of anilines is 1. The van der Waals surface area contributed by atoms with Crippen molar-refractivity contribution in [3.63, 3.8) is 0 Å². The average molecular weight is 430 g/mol. The van der Waals surface area contributed by atoms with Crippen LogP contribution in [0.2, 0.25) is 0 Å². The van der Waals surface area contributed by atoms with Crippen LogP contribution >= 0.6 is 0 Å². The quantitative estimate of drug-likeness (QED) is 0.642. The van der Waals surface area contributed by atoms with Gasteiger partial charge in [0.2, 0.25) is 5.91 Å². The lowest BCUT2D eigenvalue weighted by atomic mass is 9.92. The number of fused-ring (bicyclic) bond motifs is 1. The van der Waals surface area contributed by atoms with E-state index in [0.717, 1.165) is 25.7 Å². The summed E-state index contributed by atoms with van der Waals surface area (Å²) in [5.41, 5.74) is 7.02. The Bertz CT molecular complexity index is 975. The van der Waals surface area contributed by atoms with Gasteiger partial charge in [0.15, 0.2) is 0 Å². The van der Waals surface area contributed by atoms with Gasteiger partial charge in [0.05, 0.1) is 34.0 Å². The largest absolute Gasteiger partial charge is 0.490 e. The van der Waals surface area contributed by atoms with Gasteiger partial charge in [0, 0.05) is 6.04 Å². The minimum atomic E-state index is -1.11. The van der Waals surface area contributed by atoms with E-state index >= 15 is 0 Å². The first kappa shape index (κ1) is 22.8. The first-order valence-corrected chi connectivity index (χ1v) is 10.6. The topological polar surface area (TPSA) is 124 Å². The number of carbonyl (C=O) groups excluding carboxylic acids is 1. The van der Waals surface area contributed by atoms with Crippen molar-refractivity contribution >= 4 is 28.5 Å². The van der Waals surface area contributed by atoms with Crippen molar-refractivity contribution < 1.29 is 24.2 Å². The third-order valence-corrected chi connectivity index (χ3v) is 5.38. The highest BCUT2D eigenvalue weighted by Crippen LogP contribution is 2.35. The molecular weight excluding hydrogens is 398 g/mol. The number of hydrogen-bond acceptors (Lipinski definition) is 6. The highest BCUT2D eigenvalue weighted by molar-refractivity contribution is 6.06. The van der Waals surface area contributed by atoms with Crippen LogP contribution in [-0.4, -0.2) is 46.3 Å². The fourth-order valence-electron chi connectivity index (χ4n) is 3.86. The Morgan fingerprint density at radius 1 is 1.23 bits per heavy atom. The van der Waals surface area contributed by atoms with E-state index in [1.165, 1.54) is 0 Å². The molecule has 168 valence electrons. The van der Waals surface area contributed by atoms with Crippen molar-refractivity contribution in [3.8, 4) is 5.75 Å². The third kappa shape index (κ3) is 5.64. The van der Waals surface area contributed by atoms with Gasteiger partial charge in [-0.2, -0.15) is 0 Å². The lowest BCUT2D eigenvalue weighted by Gasteiger charge is -2.30. The normalized spacial score (nSPS) is 19.2. The maximum atomic E-state index is 12.1. The number of benzene rings is 1.